The predicted molar refractivity (Wildman–Crippen MR) is 109 cm³/mol. The number of ether oxygens (including phenoxy) is 1. The van der Waals surface area contributed by atoms with Crippen LogP contribution in [0.25, 0.3) is 0 Å². The SMILES string of the molecule is O=C(Cc1ccccc1F)NCc1cccc(NC(=O)CCN2CCOCC2)c1. The standard InChI is InChI=1S/C22H26FN3O3/c23-20-7-2-1-5-18(20)15-22(28)24-16-17-4-3-6-19(14-17)25-21(27)8-9-26-10-12-29-13-11-26/h1-7,14H,8-13,15-16H2,(H,24,28)(H,25,27). The molecule has 1 heterocycles. The molecule has 2 aromatic rings. The van der Waals surface area contributed by atoms with Gasteiger partial charge in [0, 0.05) is 38.3 Å². The zero-order chi connectivity index (χ0) is 20.5. The molecule has 0 aromatic heterocycles. The van der Waals surface area contributed by atoms with Gasteiger partial charge in [-0.25, -0.2) is 4.39 Å². The highest BCUT2D eigenvalue weighted by Crippen LogP contribution is 2.12. The molecule has 0 radical (unpaired) electrons. The molecule has 3 rings (SSSR count). The predicted octanol–water partition coefficient (Wildman–Crippen LogP) is 2.35. The van der Waals surface area contributed by atoms with Gasteiger partial charge in [0.1, 0.15) is 5.82 Å². The quantitative estimate of drug-likeness (QED) is 0.715. The number of rotatable bonds is 8. The number of nitrogens with one attached hydrogen (secondary N) is 2. The summed E-state index contributed by atoms with van der Waals surface area (Å²) >= 11 is 0. The van der Waals surface area contributed by atoms with Gasteiger partial charge in [-0.3, -0.25) is 14.5 Å². The Morgan fingerprint density at radius 3 is 2.62 bits per heavy atom. The Bertz CT molecular complexity index is 838. The molecule has 0 unspecified atom stereocenters. The lowest BCUT2D eigenvalue weighted by molar-refractivity contribution is -0.120. The van der Waals surface area contributed by atoms with E-state index in [2.05, 4.69) is 15.5 Å². The number of carbonyl (C=O) groups excluding carboxylic acids is 2. The van der Waals surface area contributed by atoms with Crippen LogP contribution in [0, 0.1) is 5.82 Å². The molecular weight excluding hydrogens is 373 g/mol. The Morgan fingerprint density at radius 1 is 1.03 bits per heavy atom. The van der Waals surface area contributed by atoms with Crippen LogP contribution >= 0.6 is 0 Å². The van der Waals surface area contributed by atoms with E-state index in [9.17, 15) is 14.0 Å². The number of carbonyl (C=O) groups is 2. The number of hydrogen-bond donors (Lipinski definition) is 2. The molecule has 0 atom stereocenters. The molecule has 6 nitrogen and oxygen atoms in total. The van der Waals surface area contributed by atoms with Crippen LogP contribution in [0.3, 0.4) is 0 Å². The van der Waals surface area contributed by atoms with Crippen LogP contribution in [0.4, 0.5) is 10.1 Å². The lowest BCUT2D eigenvalue weighted by atomic mass is 10.1. The van der Waals surface area contributed by atoms with Crippen molar-refractivity contribution >= 4 is 17.5 Å². The van der Waals surface area contributed by atoms with Gasteiger partial charge in [0.05, 0.1) is 19.6 Å². The average molecular weight is 399 g/mol. The number of morpholine rings is 1. The Kier molecular flexibility index (Phi) is 7.72. The Balaban J connectivity index is 1.44. The van der Waals surface area contributed by atoms with E-state index in [-0.39, 0.29) is 24.1 Å². The first kappa shape index (κ1) is 21.0. The number of halogens is 1. The molecule has 0 bridgehead atoms. The van der Waals surface area contributed by atoms with E-state index in [1.807, 2.05) is 24.3 Å². The van der Waals surface area contributed by atoms with Crippen LogP contribution in [0.15, 0.2) is 48.5 Å². The van der Waals surface area contributed by atoms with Crippen molar-refractivity contribution in [1.82, 2.24) is 10.2 Å². The average Bonchev–Trinajstić information content (AvgIpc) is 2.73. The molecule has 0 spiro atoms. The molecule has 154 valence electrons. The number of benzene rings is 2. The second kappa shape index (κ2) is 10.7. The molecule has 0 saturated carbocycles. The third kappa shape index (κ3) is 6.96. The number of nitrogens with zero attached hydrogens (tertiary/aromatic N) is 1. The maximum atomic E-state index is 13.6. The van der Waals surface area contributed by atoms with Gasteiger partial charge < -0.3 is 15.4 Å². The fraction of sp³-hybridized carbons (Fsp3) is 0.364. The summed E-state index contributed by atoms with van der Waals surface area (Å²) in [7, 11) is 0. The van der Waals surface area contributed by atoms with E-state index in [0.29, 0.717) is 44.0 Å². The maximum Gasteiger partial charge on any atom is 0.225 e. The highest BCUT2D eigenvalue weighted by Gasteiger charge is 2.12. The fourth-order valence-corrected chi connectivity index (χ4v) is 3.14. The van der Waals surface area contributed by atoms with Crippen molar-refractivity contribution in [3.8, 4) is 0 Å². The zero-order valence-electron chi connectivity index (χ0n) is 16.3. The highest BCUT2D eigenvalue weighted by molar-refractivity contribution is 5.90. The summed E-state index contributed by atoms with van der Waals surface area (Å²) in [5, 5.41) is 5.68. The molecule has 1 aliphatic heterocycles. The summed E-state index contributed by atoms with van der Waals surface area (Å²) in [6, 6.07) is 13.6. The molecular formula is C22H26FN3O3. The minimum atomic E-state index is -0.385. The van der Waals surface area contributed by atoms with Crippen LogP contribution in [0.2, 0.25) is 0 Å². The van der Waals surface area contributed by atoms with Gasteiger partial charge in [-0.2, -0.15) is 0 Å². The first-order valence-corrected chi connectivity index (χ1v) is 9.79. The summed E-state index contributed by atoms with van der Waals surface area (Å²) in [5.74, 6) is -0.684. The third-order valence-corrected chi connectivity index (χ3v) is 4.77. The topological polar surface area (TPSA) is 70.7 Å². The largest absolute Gasteiger partial charge is 0.379 e. The van der Waals surface area contributed by atoms with Crippen molar-refractivity contribution < 1.29 is 18.7 Å². The normalized spacial score (nSPS) is 14.4. The van der Waals surface area contributed by atoms with E-state index in [1.54, 1.807) is 18.2 Å². The molecule has 2 N–H and O–H groups in total. The minimum Gasteiger partial charge on any atom is -0.379 e. The first-order chi connectivity index (χ1) is 14.1. The molecule has 1 saturated heterocycles. The maximum absolute atomic E-state index is 13.6. The molecule has 1 fully saturated rings. The summed E-state index contributed by atoms with van der Waals surface area (Å²) in [5.41, 5.74) is 1.92. The minimum absolute atomic E-state index is 0.00929. The molecule has 7 heteroatoms. The number of anilines is 1. The van der Waals surface area contributed by atoms with E-state index in [0.717, 1.165) is 18.7 Å². The smallest absolute Gasteiger partial charge is 0.225 e. The Labute approximate surface area is 170 Å². The number of hydrogen-bond acceptors (Lipinski definition) is 4. The van der Waals surface area contributed by atoms with Crippen LogP contribution in [0.5, 0.6) is 0 Å². The first-order valence-electron chi connectivity index (χ1n) is 9.79. The van der Waals surface area contributed by atoms with Gasteiger partial charge in [-0.1, -0.05) is 30.3 Å². The zero-order valence-corrected chi connectivity index (χ0v) is 16.3. The second-order valence-electron chi connectivity index (χ2n) is 7.00. The van der Waals surface area contributed by atoms with Crippen molar-refractivity contribution in [2.45, 2.75) is 19.4 Å². The van der Waals surface area contributed by atoms with E-state index in [1.165, 1.54) is 6.07 Å². The second-order valence-corrected chi connectivity index (χ2v) is 7.00. The van der Waals surface area contributed by atoms with Crippen molar-refractivity contribution in [2.24, 2.45) is 0 Å². The van der Waals surface area contributed by atoms with Crippen molar-refractivity contribution in [3.63, 3.8) is 0 Å². The van der Waals surface area contributed by atoms with Crippen LogP contribution in [0.1, 0.15) is 17.5 Å². The lowest BCUT2D eigenvalue weighted by Gasteiger charge is -2.26. The molecule has 2 amide bonds. The van der Waals surface area contributed by atoms with E-state index < -0.39 is 0 Å². The van der Waals surface area contributed by atoms with Crippen molar-refractivity contribution in [1.29, 1.82) is 0 Å². The van der Waals surface area contributed by atoms with E-state index in [4.69, 9.17) is 4.74 Å². The van der Waals surface area contributed by atoms with Crippen molar-refractivity contribution in [3.05, 3.63) is 65.5 Å². The van der Waals surface area contributed by atoms with Crippen molar-refractivity contribution in [2.75, 3.05) is 38.2 Å². The summed E-state index contributed by atoms with van der Waals surface area (Å²) < 4.78 is 18.9. The van der Waals surface area contributed by atoms with Gasteiger partial charge in [0.2, 0.25) is 11.8 Å². The summed E-state index contributed by atoms with van der Waals surface area (Å²) in [4.78, 5) is 26.5. The van der Waals surface area contributed by atoms with Gasteiger partial charge >= 0.3 is 0 Å². The molecule has 2 aromatic carbocycles. The fourth-order valence-electron chi connectivity index (χ4n) is 3.14. The summed E-state index contributed by atoms with van der Waals surface area (Å²) in [6.07, 6.45) is 0.411. The Hall–Kier alpha value is -2.77. The van der Waals surface area contributed by atoms with Gasteiger partial charge in [0.15, 0.2) is 0 Å². The molecule has 0 aliphatic carbocycles. The third-order valence-electron chi connectivity index (χ3n) is 4.77. The Morgan fingerprint density at radius 2 is 1.83 bits per heavy atom. The van der Waals surface area contributed by atoms with Crippen LogP contribution in [-0.4, -0.2) is 49.6 Å². The lowest BCUT2D eigenvalue weighted by Crippen LogP contribution is -2.38. The molecule has 1 aliphatic rings. The molecule has 29 heavy (non-hydrogen) atoms. The van der Waals surface area contributed by atoms with Gasteiger partial charge in [-0.15, -0.1) is 0 Å². The monoisotopic (exact) mass is 399 g/mol. The van der Waals surface area contributed by atoms with Gasteiger partial charge in [-0.05, 0) is 29.3 Å². The van der Waals surface area contributed by atoms with E-state index >= 15 is 0 Å². The highest BCUT2D eigenvalue weighted by atomic mass is 19.1. The van der Waals surface area contributed by atoms with Crippen LogP contribution in [-0.2, 0) is 27.3 Å². The van der Waals surface area contributed by atoms with Crippen LogP contribution < -0.4 is 10.6 Å². The summed E-state index contributed by atoms with van der Waals surface area (Å²) in [6.45, 7) is 4.16. The number of amides is 2. The van der Waals surface area contributed by atoms with Gasteiger partial charge in [0.25, 0.3) is 0 Å².